The van der Waals surface area contributed by atoms with Crippen LogP contribution in [0.25, 0.3) is 16.0 Å². The zero-order valence-electron chi connectivity index (χ0n) is 20.3. The molecule has 7 heteroatoms. The summed E-state index contributed by atoms with van der Waals surface area (Å²) in [6.45, 7) is 6.56. The molecule has 1 amide bonds. The van der Waals surface area contributed by atoms with E-state index in [0.717, 1.165) is 27.8 Å². The SMILES string of the molecule is CCCOc1cccc(C2/C(=C(\O)c3ccccc3)C(=O)C(=O)N2c2nc3c(C)cc(C)cc3s2)c1. The van der Waals surface area contributed by atoms with Gasteiger partial charge in [-0.1, -0.05) is 66.8 Å². The van der Waals surface area contributed by atoms with Gasteiger partial charge < -0.3 is 9.84 Å². The molecule has 3 aromatic carbocycles. The Hall–Kier alpha value is -3.97. The predicted octanol–water partition coefficient (Wildman–Crippen LogP) is 6.33. The molecule has 5 rings (SSSR count). The summed E-state index contributed by atoms with van der Waals surface area (Å²) in [6.07, 6.45) is 0.848. The Morgan fingerprint density at radius 2 is 1.83 bits per heavy atom. The number of aliphatic hydroxyl groups excluding tert-OH is 1. The minimum absolute atomic E-state index is 0.0333. The average molecular weight is 499 g/mol. The highest BCUT2D eigenvalue weighted by Gasteiger charge is 2.48. The molecule has 182 valence electrons. The van der Waals surface area contributed by atoms with Crippen molar-refractivity contribution < 1.29 is 19.4 Å². The van der Waals surface area contributed by atoms with Gasteiger partial charge in [0.25, 0.3) is 5.78 Å². The summed E-state index contributed by atoms with van der Waals surface area (Å²) in [5.74, 6) is -1.04. The number of amides is 1. The van der Waals surface area contributed by atoms with Gasteiger partial charge in [0.05, 0.1) is 28.4 Å². The van der Waals surface area contributed by atoms with Crippen LogP contribution in [0.2, 0.25) is 0 Å². The lowest BCUT2D eigenvalue weighted by Gasteiger charge is -2.23. The van der Waals surface area contributed by atoms with E-state index >= 15 is 0 Å². The number of hydrogen-bond donors (Lipinski definition) is 1. The Balaban J connectivity index is 1.72. The Kier molecular flexibility index (Phi) is 6.33. The molecule has 1 aromatic heterocycles. The number of rotatable bonds is 6. The van der Waals surface area contributed by atoms with Crippen molar-refractivity contribution in [3.8, 4) is 5.75 Å². The first kappa shape index (κ1) is 23.8. The van der Waals surface area contributed by atoms with Gasteiger partial charge in [-0.3, -0.25) is 14.5 Å². The van der Waals surface area contributed by atoms with Crippen molar-refractivity contribution in [1.29, 1.82) is 0 Å². The molecule has 0 bridgehead atoms. The number of carbonyl (C=O) groups is 2. The molecular weight excluding hydrogens is 472 g/mol. The number of fused-ring (bicyclic) bond motifs is 1. The molecule has 1 saturated heterocycles. The van der Waals surface area contributed by atoms with Crippen LogP contribution < -0.4 is 9.64 Å². The number of ether oxygens (including phenoxy) is 1. The van der Waals surface area contributed by atoms with E-state index in [9.17, 15) is 14.7 Å². The molecule has 1 aliphatic rings. The number of Topliss-reactive ketones (excluding diaryl/α,β-unsaturated/α-hetero) is 1. The highest BCUT2D eigenvalue weighted by molar-refractivity contribution is 7.22. The zero-order chi connectivity index (χ0) is 25.4. The second-order valence-electron chi connectivity index (χ2n) is 8.88. The van der Waals surface area contributed by atoms with Gasteiger partial charge in [0.2, 0.25) is 0 Å². The van der Waals surface area contributed by atoms with E-state index in [4.69, 9.17) is 9.72 Å². The quantitative estimate of drug-likeness (QED) is 0.191. The Labute approximate surface area is 213 Å². The van der Waals surface area contributed by atoms with E-state index in [1.54, 1.807) is 24.3 Å². The number of carbonyl (C=O) groups excluding carboxylic acids is 2. The molecule has 2 heterocycles. The van der Waals surface area contributed by atoms with Gasteiger partial charge in [-0.25, -0.2) is 4.98 Å². The molecule has 6 nitrogen and oxygen atoms in total. The third-order valence-corrected chi connectivity index (χ3v) is 7.16. The van der Waals surface area contributed by atoms with Crippen LogP contribution in [-0.2, 0) is 9.59 Å². The van der Waals surface area contributed by atoms with Gasteiger partial charge in [-0.2, -0.15) is 0 Å². The number of anilines is 1. The Bertz CT molecular complexity index is 1510. The number of aromatic nitrogens is 1. The van der Waals surface area contributed by atoms with Gasteiger partial charge in [0.15, 0.2) is 5.13 Å². The van der Waals surface area contributed by atoms with Crippen molar-refractivity contribution in [2.75, 3.05) is 11.5 Å². The van der Waals surface area contributed by atoms with Crippen LogP contribution in [0.3, 0.4) is 0 Å². The maximum atomic E-state index is 13.5. The monoisotopic (exact) mass is 498 g/mol. The molecule has 1 N–H and O–H groups in total. The van der Waals surface area contributed by atoms with Crippen LogP contribution in [0, 0.1) is 13.8 Å². The molecule has 36 heavy (non-hydrogen) atoms. The van der Waals surface area contributed by atoms with E-state index in [1.165, 1.54) is 16.2 Å². The van der Waals surface area contributed by atoms with E-state index in [0.29, 0.717) is 28.6 Å². The van der Waals surface area contributed by atoms with Gasteiger partial charge in [-0.15, -0.1) is 0 Å². The number of hydrogen-bond acceptors (Lipinski definition) is 6. The topological polar surface area (TPSA) is 79.7 Å². The lowest BCUT2D eigenvalue weighted by molar-refractivity contribution is -0.132. The maximum Gasteiger partial charge on any atom is 0.301 e. The number of nitrogens with zero attached hydrogens (tertiary/aromatic N) is 2. The number of ketones is 1. The smallest absolute Gasteiger partial charge is 0.301 e. The van der Waals surface area contributed by atoms with Crippen LogP contribution >= 0.6 is 11.3 Å². The van der Waals surface area contributed by atoms with Crippen LogP contribution in [0.1, 0.15) is 41.6 Å². The summed E-state index contributed by atoms with van der Waals surface area (Å²) in [5, 5.41) is 11.7. The fourth-order valence-corrected chi connectivity index (χ4v) is 5.72. The van der Waals surface area contributed by atoms with Crippen LogP contribution in [0.15, 0.2) is 72.3 Å². The minimum atomic E-state index is -0.850. The lowest BCUT2D eigenvalue weighted by atomic mass is 9.95. The first-order chi connectivity index (χ1) is 17.4. The summed E-state index contributed by atoms with van der Waals surface area (Å²) in [5.41, 5.74) is 4.05. The fraction of sp³-hybridized carbons (Fsp3) is 0.207. The lowest BCUT2D eigenvalue weighted by Crippen LogP contribution is -2.29. The van der Waals surface area contributed by atoms with Crippen LogP contribution in [0.4, 0.5) is 5.13 Å². The molecule has 4 aromatic rings. The standard InChI is InChI=1S/C29H26N2O4S/c1-4-13-35-21-12-8-11-20(16-21)25-23(26(32)19-9-6-5-7-10-19)27(33)28(34)31(25)29-30-24-18(3)14-17(2)15-22(24)36-29/h5-12,14-16,25,32H,4,13H2,1-3H3/b26-23+. The highest BCUT2D eigenvalue weighted by atomic mass is 32.1. The second kappa shape index (κ2) is 9.59. The third-order valence-electron chi connectivity index (χ3n) is 6.16. The average Bonchev–Trinajstić information content (AvgIpc) is 3.41. The molecule has 1 unspecified atom stereocenters. The highest BCUT2D eigenvalue weighted by Crippen LogP contribution is 2.45. The summed E-state index contributed by atoms with van der Waals surface area (Å²) in [7, 11) is 0. The molecule has 0 radical (unpaired) electrons. The summed E-state index contributed by atoms with van der Waals surface area (Å²) < 4.78 is 6.76. The molecule has 0 spiro atoms. The molecular formula is C29H26N2O4S. The van der Waals surface area contributed by atoms with Crippen LogP contribution in [-0.4, -0.2) is 28.4 Å². The molecule has 1 aliphatic heterocycles. The van der Waals surface area contributed by atoms with E-state index in [-0.39, 0.29) is 11.3 Å². The fourth-order valence-electron chi connectivity index (χ4n) is 4.55. The van der Waals surface area contributed by atoms with Crippen LogP contribution in [0.5, 0.6) is 5.75 Å². The summed E-state index contributed by atoms with van der Waals surface area (Å²) in [6, 6.07) is 19.3. The minimum Gasteiger partial charge on any atom is -0.507 e. The van der Waals surface area contributed by atoms with E-state index in [2.05, 4.69) is 0 Å². The Morgan fingerprint density at radius 3 is 2.58 bits per heavy atom. The zero-order valence-corrected chi connectivity index (χ0v) is 21.1. The summed E-state index contributed by atoms with van der Waals surface area (Å²) in [4.78, 5) is 33.1. The molecule has 1 fully saturated rings. The third kappa shape index (κ3) is 4.16. The van der Waals surface area contributed by atoms with Crippen molar-refractivity contribution in [1.82, 2.24) is 4.98 Å². The number of aliphatic hydroxyl groups is 1. The van der Waals surface area contributed by atoms with E-state index < -0.39 is 17.7 Å². The van der Waals surface area contributed by atoms with Gasteiger partial charge in [-0.05, 0) is 55.2 Å². The van der Waals surface area contributed by atoms with Crippen molar-refractivity contribution in [3.63, 3.8) is 0 Å². The predicted molar refractivity (Wildman–Crippen MR) is 143 cm³/mol. The number of aryl methyl sites for hydroxylation is 2. The molecule has 0 saturated carbocycles. The van der Waals surface area contributed by atoms with Crippen molar-refractivity contribution in [2.24, 2.45) is 0 Å². The maximum absolute atomic E-state index is 13.5. The molecule has 0 aliphatic carbocycles. The van der Waals surface area contributed by atoms with Gasteiger partial charge >= 0.3 is 5.91 Å². The first-order valence-electron chi connectivity index (χ1n) is 11.9. The largest absolute Gasteiger partial charge is 0.507 e. The Morgan fingerprint density at radius 1 is 1.06 bits per heavy atom. The van der Waals surface area contributed by atoms with Gasteiger partial charge in [0.1, 0.15) is 11.5 Å². The number of thiazole rings is 1. The van der Waals surface area contributed by atoms with Gasteiger partial charge in [0, 0.05) is 5.56 Å². The second-order valence-corrected chi connectivity index (χ2v) is 9.89. The summed E-state index contributed by atoms with van der Waals surface area (Å²) >= 11 is 1.36. The normalized spacial score (nSPS) is 17.2. The number of benzene rings is 3. The van der Waals surface area contributed by atoms with Crippen molar-refractivity contribution >= 4 is 44.1 Å². The molecule has 1 atom stereocenters. The van der Waals surface area contributed by atoms with Crippen molar-refractivity contribution in [2.45, 2.75) is 33.2 Å². The van der Waals surface area contributed by atoms with E-state index in [1.807, 2.05) is 63.2 Å². The van der Waals surface area contributed by atoms with Crippen molar-refractivity contribution in [3.05, 3.63) is 94.6 Å². The first-order valence-corrected chi connectivity index (χ1v) is 12.7.